The zero-order valence-electron chi connectivity index (χ0n) is 17.2. The Morgan fingerprint density at radius 1 is 1.13 bits per heavy atom. The minimum Gasteiger partial charge on any atom is -0.398 e. The number of alkyl halides is 3. The van der Waals surface area contributed by atoms with Gasteiger partial charge in [0, 0.05) is 29.4 Å². The van der Waals surface area contributed by atoms with E-state index in [9.17, 15) is 13.2 Å². The van der Waals surface area contributed by atoms with Gasteiger partial charge in [-0.2, -0.15) is 13.2 Å². The lowest BCUT2D eigenvalue weighted by Crippen LogP contribution is -2.42. The molecule has 1 aromatic heterocycles. The Kier molecular flexibility index (Phi) is 5.86. The van der Waals surface area contributed by atoms with Crippen LogP contribution in [0.4, 0.5) is 24.7 Å². The highest BCUT2D eigenvalue weighted by atomic mass is 19.4. The highest BCUT2D eigenvalue weighted by Crippen LogP contribution is 2.38. The summed E-state index contributed by atoms with van der Waals surface area (Å²) in [4.78, 5) is 2.43. The molecule has 2 heterocycles. The maximum absolute atomic E-state index is 13.0. The van der Waals surface area contributed by atoms with Crippen LogP contribution in [0.5, 0.6) is 0 Å². The van der Waals surface area contributed by atoms with Crippen LogP contribution in [0.1, 0.15) is 49.3 Å². The van der Waals surface area contributed by atoms with Crippen molar-refractivity contribution in [1.29, 1.82) is 0 Å². The average molecular weight is 419 g/mol. The van der Waals surface area contributed by atoms with Crippen molar-refractivity contribution in [2.24, 2.45) is 0 Å². The number of halogens is 3. The van der Waals surface area contributed by atoms with Crippen LogP contribution < -0.4 is 11.1 Å². The van der Waals surface area contributed by atoms with Crippen molar-refractivity contribution in [3.8, 4) is 11.3 Å². The number of benzene rings is 1. The van der Waals surface area contributed by atoms with Crippen molar-refractivity contribution in [3.63, 3.8) is 0 Å². The monoisotopic (exact) mass is 419 g/mol. The van der Waals surface area contributed by atoms with E-state index in [1.807, 2.05) is 0 Å². The quantitative estimate of drug-likeness (QED) is 0.714. The molecule has 5 nitrogen and oxygen atoms in total. The molecule has 4 rings (SSSR count). The fourth-order valence-corrected chi connectivity index (χ4v) is 4.59. The molecule has 8 heteroatoms. The molecule has 2 aromatic rings. The number of nitrogens with zero attached hydrogens (tertiary/aromatic N) is 3. The topological polar surface area (TPSA) is 67.1 Å². The van der Waals surface area contributed by atoms with Crippen molar-refractivity contribution in [1.82, 2.24) is 15.1 Å². The molecule has 30 heavy (non-hydrogen) atoms. The summed E-state index contributed by atoms with van der Waals surface area (Å²) in [6.45, 7) is 5.33. The van der Waals surface area contributed by atoms with E-state index in [2.05, 4.69) is 27.3 Å². The smallest absolute Gasteiger partial charge is 0.398 e. The summed E-state index contributed by atoms with van der Waals surface area (Å²) >= 11 is 0. The van der Waals surface area contributed by atoms with Gasteiger partial charge in [0.1, 0.15) is 0 Å². The molecule has 1 aliphatic carbocycles. The van der Waals surface area contributed by atoms with Gasteiger partial charge in [-0.3, -0.25) is 0 Å². The molecule has 0 spiro atoms. The molecule has 0 amide bonds. The van der Waals surface area contributed by atoms with Gasteiger partial charge in [0.15, 0.2) is 5.82 Å². The van der Waals surface area contributed by atoms with Crippen molar-refractivity contribution in [3.05, 3.63) is 34.9 Å². The highest BCUT2D eigenvalue weighted by Gasteiger charge is 2.31. The Bertz CT molecular complexity index is 912. The molecule has 0 radical (unpaired) electrons. The van der Waals surface area contributed by atoms with E-state index in [1.165, 1.54) is 6.07 Å². The largest absolute Gasteiger partial charge is 0.416 e. The Morgan fingerprint density at radius 3 is 2.60 bits per heavy atom. The van der Waals surface area contributed by atoms with E-state index in [-0.39, 0.29) is 5.69 Å². The van der Waals surface area contributed by atoms with E-state index in [4.69, 9.17) is 5.73 Å². The fraction of sp³-hybridized carbons (Fsp3) is 0.545. The van der Waals surface area contributed by atoms with Crippen LogP contribution in [0, 0.1) is 0 Å². The van der Waals surface area contributed by atoms with Crippen LogP contribution in [0.2, 0.25) is 0 Å². The maximum Gasteiger partial charge on any atom is 0.416 e. The van der Waals surface area contributed by atoms with Gasteiger partial charge in [-0.05, 0) is 69.3 Å². The van der Waals surface area contributed by atoms with Gasteiger partial charge in [0.25, 0.3) is 0 Å². The summed E-state index contributed by atoms with van der Waals surface area (Å²) in [5, 5.41) is 12.5. The van der Waals surface area contributed by atoms with Crippen LogP contribution in [-0.2, 0) is 19.0 Å². The summed E-state index contributed by atoms with van der Waals surface area (Å²) in [7, 11) is 0. The third-order valence-corrected chi connectivity index (χ3v) is 6.22. The van der Waals surface area contributed by atoms with Crippen LogP contribution in [-0.4, -0.2) is 40.8 Å². The molecule has 1 atom stereocenters. The van der Waals surface area contributed by atoms with Gasteiger partial charge in [-0.25, -0.2) is 0 Å². The fourth-order valence-electron chi connectivity index (χ4n) is 4.59. The molecule has 0 saturated carbocycles. The number of hydrogen-bond acceptors (Lipinski definition) is 5. The maximum atomic E-state index is 13.0. The van der Waals surface area contributed by atoms with E-state index >= 15 is 0 Å². The Morgan fingerprint density at radius 2 is 1.90 bits per heavy atom. The van der Waals surface area contributed by atoms with Crippen molar-refractivity contribution >= 4 is 11.5 Å². The molecule has 3 N–H and O–H groups in total. The summed E-state index contributed by atoms with van der Waals surface area (Å²) in [6, 6.07) is 3.81. The number of piperidine rings is 1. The molecule has 2 aliphatic rings. The zero-order chi connectivity index (χ0) is 21.3. The van der Waals surface area contributed by atoms with E-state index < -0.39 is 11.7 Å². The molecule has 0 bridgehead atoms. The third-order valence-electron chi connectivity index (χ3n) is 6.22. The number of nitrogens with one attached hydrogen (secondary N) is 1. The molecular formula is C22H28F3N5. The highest BCUT2D eigenvalue weighted by molar-refractivity contribution is 5.78. The van der Waals surface area contributed by atoms with Crippen LogP contribution in [0.25, 0.3) is 11.3 Å². The first-order valence-corrected chi connectivity index (χ1v) is 10.7. The second-order valence-corrected chi connectivity index (χ2v) is 8.24. The van der Waals surface area contributed by atoms with Crippen molar-refractivity contribution in [2.75, 3.05) is 30.7 Å². The predicted molar refractivity (Wildman–Crippen MR) is 112 cm³/mol. The molecule has 1 aliphatic heterocycles. The first-order valence-electron chi connectivity index (χ1n) is 10.7. The lowest BCUT2D eigenvalue weighted by molar-refractivity contribution is -0.137. The number of nitrogens with two attached hydrogens (primary N) is 1. The third kappa shape index (κ3) is 4.24. The van der Waals surface area contributed by atoms with Crippen LogP contribution >= 0.6 is 0 Å². The Hall–Kier alpha value is -2.35. The normalized spacial score (nSPS) is 20.1. The summed E-state index contributed by atoms with van der Waals surface area (Å²) in [6.07, 6.45) is 1.66. The minimum absolute atomic E-state index is 0.0819. The molecule has 0 unspecified atom stereocenters. The summed E-state index contributed by atoms with van der Waals surface area (Å²) in [5.41, 5.74) is 8.68. The van der Waals surface area contributed by atoms with Crippen LogP contribution in [0.3, 0.4) is 0 Å². The Labute approximate surface area is 174 Å². The van der Waals surface area contributed by atoms with Gasteiger partial charge in [0.05, 0.1) is 11.3 Å². The number of rotatable bonds is 4. The van der Waals surface area contributed by atoms with E-state index in [0.717, 1.165) is 87.2 Å². The number of likely N-dealkylation sites (tertiary alicyclic amines) is 1. The lowest BCUT2D eigenvalue weighted by atomic mass is 9.88. The minimum atomic E-state index is -4.42. The molecule has 162 valence electrons. The second kappa shape index (κ2) is 8.41. The van der Waals surface area contributed by atoms with Gasteiger partial charge in [0.2, 0.25) is 0 Å². The molecule has 1 fully saturated rings. The van der Waals surface area contributed by atoms with Crippen LogP contribution in [0.15, 0.2) is 18.2 Å². The number of anilines is 2. The van der Waals surface area contributed by atoms with Gasteiger partial charge < -0.3 is 16.0 Å². The zero-order valence-corrected chi connectivity index (χ0v) is 17.2. The van der Waals surface area contributed by atoms with Gasteiger partial charge in [-0.1, -0.05) is 13.0 Å². The van der Waals surface area contributed by atoms with Crippen molar-refractivity contribution < 1.29 is 13.2 Å². The van der Waals surface area contributed by atoms with Gasteiger partial charge in [-0.15, -0.1) is 10.2 Å². The second-order valence-electron chi connectivity index (χ2n) is 8.24. The lowest BCUT2D eigenvalue weighted by Gasteiger charge is -2.33. The van der Waals surface area contributed by atoms with Gasteiger partial charge >= 0.3 is 6.18 Å². The molecular weight excluding hydrogens is 391 g/mol. The number of aromatic nitrogens is 2. The number of nitrogen functional groups attached to an aromatic ring is 1. The first kappa shape index (κ1) is 20.9. The SMILES string of the molecule is CCN1CCC[C@@H](Nc2nnc(-c3ccc(C(F)(F)F)cc3N)c3c2CCCC3)C1. The number of fused-ring (bicyclic) bond motifs is 1. The first-order chi connectivity index (χ1) is 14.4. The Balaban J connectivity index is 1.67. The standard InChI is InChI=1S/C22H28F3N5/c1-2-30-11-5-6-15(13-30)27-21-17-8-4-3-7-16(17)20(28-29-21)18-10-9-14(12-19(18)26)22(23,24)25/h9-10,12,15H,2-8,11,13,26H2,1H3,(H,27,29)/t15-/m1/s1. The van der Waals surface area contributed by atoms with E-state index in [1.54, 1.807) is 0 Å². The molecule has 1 aromatic carbocycles. The summed E-state index contributed by atoms with van der Waals surface area (Å²) in [5.74, 6) is 0.821. The van der Waals surface area contributed by atoms with E-state index in [0.29, 0.717) is 17.3 Å². The van der Waals surface area contributed by atoms with Crippen molar-refractivity contribution in [2.45, 2.75) is 57.7 Å². The average Bonchev–Trinajstić information content (AvgIpc) is 2.74. The molecule has 1 saturated heterocycles. The number of hydrogen-bond donors (Lipinski definition) is 2. The predicted octanol–water partition coefficient (Wildman–Crippen LogP) is 4.52. The number of likely N-dealkylation sites (N-methyl/N-ethyl adjacent to an activating group) is 1. The summed E-state index contributed by atoms with van der Waals surface area (Å²) < 4.78 is 39.0.